The van der Waals surface area contributed by atoms with Gasteiger partial charge in [-0.2, -0.15) is 9.61 Å². The van der Waals surface area contributed by atoms with Crippen LogP contribution in [0.15, 0.2) is 36.5 Å². The molecular formula is C27H34FN7O. The van der Waals surface area contributed by atoms with E-state index in [4.69, 9.17) is 14.8 Å². The molecule has 2 fully saturated rings. The molecular weight excluding hydrogens is 457 g/mol. The molecule has 1 aromatic carbocycles. The average molecular weight is 492 g/mol. The molecule has 2 saturated heterocycles. The van der Waals surface area contributed by atoms with Crippen molar-refractivity contribution in [2.75, 3.05) is 57.4 Å². The normalized spacial score (nSPS) is 18.5. The fraction of sp³-hybridized carbons (Fsp3) is 0.481. The van der Waals surface area contributed by atoms with E-state index in [1.165, 1.54) is 6.07 Å². The van der Waals surface area contributed by atoms with E-state index in [1.54, 1.807) is 6.07 Å². The van der Waals surface area contributed by atoms with Gasteiger partial charge < -0.3 is 14.6 Å². The van der Waals surface area contributed by atoms with Gasteiger partial charge in [0.25, 0.3) is 0 Å². The summed E-state index contributed by atoms with van der Waals surface area (Å²) < 4.78 is 22.0. The van der Waals surface area contributed by atoms with Gasteiger partial charge in [-0.1, -0.05) is 0 Å². The van der Waals surface area contributed by atoms with Crippen LogP contribution in [0.4, 0.5) is 10.2 Å². The number of anilines is 1. The van der Waals surface area contributed by atoms with E-state index < -0.39 is 0 Å². The van der Waals surface area contributed by atoms with Gasteiger partial charge in [0.05, 0.1) is 24.6 Å². The maximum absolute atomic E-state index is 14.5. The summed E-state index contributed by atoms with van der Waals surface area (Å²) in [6.07, 6.45) is 1.84. The quantitative estimate of drug-likeness (QED) is 0.469. The molecule has 0 bridgehead atoms. The molecule has 5 heterocycles. The average Bonchev–Trinajstić information content (AvgIpc) is 3.49. The van der Waals surface area contributed by atoms with Crippen LogP contribution in [-0.2, 0) is 11.3 Å². The molecule has 190 valence electrons. The Morgan fingerprint density at radius 2 is 1.78 bits per heavy atom. The fourth-order valence-corrected chi connectivity index (χ4v) is 5.39. The Hall–Kier alpha value is -3.01. The minimum atomic E-state index is -0.279. The standard InChI is InChI=1S/C27H34FN7O/c1-27(2,3)34-8-6-32(7-9-34)18-20-16-25-30-24(22-14-19(28)15-23-21(22)4-5-29-23)17-26(35(25)31-20)33-10-12-36-13-11-33/h4-5,14-17,29H,6-13,18H2,1-3H3. The van der Waals surface area contributed by atoms with Crippen LogP contribution in [0.5, 0.6) is 0 Å². The maximum Gasteiger partial charge on any atom is 0.158 e. The van der Waals surface area contributed by atoms with Crippen molar-refractivity contribution in [1.82, 2.24) is 29.4 Å². The minimum absolute atomic E-state index is 0.199. The van der Waals surface area contributed by atoms with E-state index in [1.807, 2.05) is 22.8 Å². The number of aromatic amines is 1. The highest BCUT2D eigenvalue weighted by atomic mass is 19.1. The molecule has 2 aliphatic heterocycles. The molecule has 8 nitrogen and oxygen atoms in total. The number of halogens is 1. The van der Waals surface area contributed by atoms with Crippen LogP contribution in [0.25, 0.3) is 27.8 Å². The molecule has 6 rings (SSSR count). The lowest BCUT2D eigenvalue weighted by Crippen LogP contribution is -2.53. The molecule has 3 aromatic heterocycles. The Kier molecular flexibility index (Phi) is 5.94. The summed E-state index contributed by atoms with van der Waals surface area (Å²) in [6.45, 7) is 14.7. The van der Waals surface area contributed by atoms with E-state index in [0.29, 0.717) is 13.2 Å². The van der Waals surface area contributed by atoms with Crippen LogP contribution in [-0.4, -0.2) is 87.4 Å². The number of hydrogen-bond donors (Lipinski definition) is 1. The second-order valence-corrected chi connectivity index (χ2v) is 10.8. The van der Waals surface area contributed by atoms with Gasteiger partial charge in [0, 0.05) is 86.1 Å². The number of H-pyrrole nitrogens is 1. The first kappa shape index (κ1) is 23.4. The molecule has 36 heavy (non-hydrogen) atoms. The van der Waals surface area contributed by atoms with Crippen molar-refractivity contribution in [3.05, 3.63) is 48.0 Å². The Morgan fingerprint density at radius 1 is 1.00 bits per heavy atom. The zero-order chi connectivity index (χ0) is 24.9. The van der Waals surface area contributed by atoms with E-state index in [2.05, 4.69) is 46.5 Å². The summed E-state index contributed by atoms with van der Waals surface area (Å²) in [5, 5.41) is 5.95. The van der Waals surface area contributed by atoms with Gasteiger partial charge in [0.15, 0.2) is 5.65 Å². The lowest BCUT2D eigenvalue weighted by Gasteiger charge is -2.42. The number of nitrogens with one attached hydrogen (secondary N) is 1. The zero-order valence-electron chi connectivity index (χ0n) is 21.3. The lowest BCUT2D eigenvalue weighted by atomic mass is 10.0. The van der Waals surface area contributed by atoms with Crippen LogP contribution in [0.1, 0.15) is 26.5 Å². The third-order valence-corrected chi connectivity index (χ3v) is 7.41. The summed E-state index contributed by atoms with van der Waals surface area (Å²) in [5.74, 6) is 0.688. The van der Waals surface area contributed by atoms with Gasteiger partial charge in [-0.05, 0) is 39.0 Å². The Labute approximate surface area is 210 Å². The second kappa shape index (κ2) is 9.14. The summed E-state index contributed by atoms with van der Waals surface area (Å²) in [4.78, 5) is 15.4. The van der Waals surface area contributed by atoms with Gasteiger partial charge >= 0.3 is 0 Å². The number of nitrogens with zero attached hydrogens (tertiary/aromatic N) is 6. The number of aromatic nitrogens is 4. The maximum atomic E-state index is 14.5. The van der Waals surface area contributed by atoms with Gasteiger partial charge in [-0.15, -0.1) is 0 Å². The highest BCUT2D eigenvalue weighted by molar-refractivity contribution is 5.94. The molecule has 0 spiro atoms. The van der Waals surface area contributed by atoms with E-state index in [0.717, 1.165) is 85.1 Å². The second-order valence-electron chi connectivity index (χ2n) is 10.8. The lowest BCUT2D eigenvalue weighted by molar-refractivity contribution is 0.0585. The first-order chi connectivity index (χ1) is 17.3. The number of ether oxygens (including phenoxy) is 1. The van der Waals surface area contributed by atoms with Crippen molar-refractivity contribution in [2.24, 2.45) is 0 Å². The molecule has 0 radical (unpaired) electrons. The number of hydrogen-bond acceptors (Lipinski definition) is 6. The fourth-order valence-electron chi connectivity index (χ4n) is 5.39. The number of piperazine rings is 1. The third-order valence-electron chi connectivity index (χ3n) is 7.41. The number of morpholine rings is 1. The molecule has 0 amide bonds. The first-order valence-electron chi connectivity index (χ1n) is 12.8. The Morgan fingerprint density at radius 3 is 2.53 bits per heavy atom. The predicted octanol–water partition coefficient (Wildman–Crippen LogP) is 3.77. The predicted molar refractivity (Wildman–Crippen MR) is 140 cm³/mol. The van der Waals surface area contributed by atoms with Crippen LogP contribution in [0.3, 0.4) is 0 Å². The summed E-state index contributed by atoms with van der Waals surface area (Å²) in [7, 11) is 0. The SMILES string of the molecule is CC(C)(C)N1CCN(Cc2cc3nc(-c4cc(F)cc5[nH]ccc45)cc(N4CCOCC4)n3n2)CC1. The van der Waals surface area contributed by atoms with Gasteiger partial charge in [-0.25, -0.2) is 9.37 Å². The van der Waals surface area contributed by atoms with Crippen molar-refractivity contribution in [1.29, 1.82) is 0 Å². The molecule has 0 atom stereocenters. The molecule has 2 aliphatic rings. The van der Waals surface area contributed by atoms with Crippen LogP contribution in [0, 0.1) is 5.82 Å². The van der Waals surface area contributed by atoms with Crippen LogP contribution < -0.4 is 4.90 Å². The van der Waals surface area contributed by atoms with Crippen LogP contribution >= 0.6 is 0 Å². The summed E-state index contributed by atoms with van der Waals surface area (Å²) >= 11 is 0. The van der Waals surface area contributed by atoms with E-state index in [-0.39, 0.29) is 11.4 Å². The Balaban J connectivity index is 1.36. The topological polar surface area (TPSA) is 64.9 Å². The minimum Gasteiger partial charge on any atom is -0.378 e. The monoisotopic (exact) mass is 491 g/mol. The highest BCUT2D eigenvalue weighted by Gasteiger charge is 2.26. The Bertz CT molecular complexity index is 1370. The van der Waals surface area contributed by atoms with E-state index >= 15 is 0 Å². The third kappa shape index (κ3) is 4.47. The number of rotatable bonds is 4. The van der Waals surface area contributed by atoms with Gasteiger partial charge in [0.2, 0.25) is 0 Å². The number of benzene rings is 1. The molecule has 1 N–H and O–H groups in total. The summed E-state index contributed by atoms with van der Waals surface area (Å²) in [6, 6.07) is 9.19. The van der Waals surface area contributed by atoms with Crippen molar-refractivity contribution in [2.45, 2.75) is 32.9 Å². The van der Waals surface area contributed by atoms with Crippen molar-refractivity contribution in [3.63, 3.8) is 0 Å². The molecule has 9 heteroatoms. The van der Waals surface area contributed by atoms with Crippen molar-refractivity contribution >= 4 is 22.4 Å². The van der Waals surface area contributed by atoms with Crippen molar-refractivity contribution < 1.29 is 9.13 Å². The smallest absolute Gasteiger partial charge is 0.158 e. The van der Waals surface area contributed by atoms with Gasteiger partial charge in [0.1, 0.15) is 11.6 Å². The van der Waals surface area contributed by atoms with Gasteiger partial charge in [-0.3, -0.25) is 9.80 Å². The summed E-state index contributed by atoms with van der Waals surface area (Å²) in [5.41, 5.74) is 4.28. The zero-order valence-corrected chi connectivity index (χ0v) is 21.3. The van der Waals surface area contributed by atoms with Crippen molar-refractivity contribution in [3.8, 4) is 11.3 Å². The number of fused-ring (bicyclic) bond motifs is 2. The largest absolute Gasteiger partial charge is 0.378 e. The molecule has 4 aromatic rings. The highest BCUT2D eigenvalue weighted by Crippen LogP contribution is 2.32. The van der Waals surface area contributed by atoms with E-state index in [9.17, 15) is 4.39 Å². The molecule has 0 unspecified atom stereocenters. The molecule has 0 saturated carbocycles. The van der Waals surface area contributed by atoms with Crippen LogP contribution in [0.2, 0.25) is 0 Å². The molecule has 0 aliphatic carbocycles. The first-order valence-corrected chi connectivity index (χ1v) is 12.8.